The highest BCUT2D eigenvalue weighted by molar-refractivity contribution is 5.78. The van der Waals surface area contributed by atoms with Crippen LogP contribution in [0.3, 0.4) is 0 Å². The summed E-state index contributed by atoms with van der Waals surface area (Å²) in [5.41, 5.74) is 2.61. The highest BCUT2D eigenvalue weighted by Gasteiger charge is 2.29. The highest BCUT2D eigenvalue weighted by atomic mass is 16.7. The molecule has 1 aliphatic rings. The molecule has 1 saturated carbocycles. The third-order valence-corrected chi connectivity index (χ3v) is 2.20. The lowest BCUT2D eigenvalue weighted by atomic mass is 10.5. The van der Waals surface area contributed by atoms with E-state index in [1.165, 1.54) is 0 Å². The number of nitrogens with zero attached hydrogens (tertiary/aromatic N) is 1. The number of carbonyl (C=O) groups is 1. The zero-order chi connectivity index (χ0) is 10.4. The van der Waals surface area contributed by atoms with E-state index in [-0.39, 0.29) is 12.5 Å². The fraction of sp³-hybridized carbons (Fsp3) is 0.889. The Morgan fingerprint density at radius 3 is 2.79 bits per heavy atom. The summed E-state index contributed by atoms with van der Waals surface area (Å²) in [6, 6.07) is 0.461. The third-order valence-electron chi connectivity index (χ3n) is 2.20. The lowest BCUT2D eigenvalue weighted by Crippen LogP contribution is -2.37. The third kappa shape index (κ3) is 4.04. The fourth-order valence-electron chi connectivity index (χ4n) is 1.10. The molecule has 1 rings (SSSR count). The number of amides is 1. The van der Waals surface area contributed by atoms with Crippen LogP contribution in [0.15, 0.2) is 0 Å². The SMILES string of the molecule is COCCONCC(=O)N(C)C1CC1. The monoisotopic (exact) mass is 202 g/mol. The average molecular weight is 202 g/mol. The van der Waals surface area contributed by atoms with Crippen molar-refractivity contribution in [2.24, 2.45) is 0 Å². The molecular weight excluding hydrogens is 184 g/mol. The fourth-order valence-corrected chi connectivity index (χ4v) is 1.10. The molecule has 0 spiro atoms. The molecule has 0 saturated heterocycles. The Labute approximate surface area is 84.3 Å². The van der Waals surface area contributed by atoms with Gasteiger partial charge in [-0.15, -0.1) is 0 Å². The van der Waals surface area contributed by atoms with Crippen molar-refractivity contribution in [1.82, 2.24) is 10.4 Å². The number of carbonyl (C=O) groups excluding carboxylic acids is 1. The predicted molar refractivity (Wildman–Crippen MR) is 51.6 cm³/mol. The van der Waals surface area contributed by atoms with Crippen LogP contribution in [0.4, 0.5) is 0 Å². The number of ether oxygens (including phenoxy) is 1. The molecule has 0 unspecified atom stereocenters. The largest absolute Gasteiger partial charge is 0.382 e. The summed E-state index contributed by atoms with van der Waals surface area (Å²) in [5, 5.41) is 0. The molecule has 1 fully saturated rings. The maximum Gasteiger partial charge on any atom is 0.238 e. The molecule has 0 atom stereocenters. The van der Waals surface area contributed by atoms with Gasteiger partial charge in [-0.05, 0) is 12.8 Å². The van der Waals surface area contributed by atoms with Crippen molar-refractivity contribution in [3.8, 4) is 0 Å². The van der Waals surface area contributed by atoms with E-state index in [1.54, 1.807) is 12.0 Å². The Hall–Kier alpha value is -0.650. The van der Waals surface area contributed by atoms with Gasteiger partial charge in [0.25, 0.3) is 0 Å². The Kier molecular flexibility index (Phi) is 4.86. The molecule has 1 N–H and O–H groups in total. The highest BCUT2D eigenvalue weighted by Crippen LogP contribution is 2.24. The van der Waals surface area contributed by atoms with Gasteiger partial charge in [0.1, 0.15) is 6.54 Å². The van der Waals surface area contributed by atoms with E-state index in [0.29, 0.717) is 19.3 Å². The maximum absolute atomic E-state index is 11.4. The zero-order valence-electron chi connectivity index (χ0n) is 8.78. The Morgan fingerprint density at radius 1 is 1.50 bits per heavy atom. The summed E-state index contributed by atoms with van der Waals surface area (Å²) in [6.07, 6.45) is 2.26. The van der Waals surface area contributed by atoms with Gasteiger partial charge < -0.3 is 9.64 Å². The number of methoxy groups -OCH3 is 1. The van der Waals surface area contributed by atoms with E-state index >= 15 is 0 Å². The molecule has 0 aromatic rings. The molecule has 0 aromatic heterocycles. The average Bonchev–Trinajstić information content (AvgIpc) is 2.99. The van der Waals surface area contributed by atoms with Crippen molar-refractivity contribution in [2.75, 3.05) is 33.9 Å². The van der Waals surface area contributed by atoms with Gasteiger partial charge >= 0.3 is 0 Å². The van der Waals surface area contributed by atoms with Gasteiger partial charge in [-0.1, -0.05) is 0 Å². The predicted octanol–water partition coefficient (Wildman–Crippen LogP) is -0.225. The second kappa shape index (κ2) is 5.95. The van der Waals surface area contributed by atoms with Crippen LogP contribution < -0.4 is 5.48 Å². The van der Waals surface area contributed by atoms with E-state index in [4.69, 9.17) is 9.57 Å². The first-order valence-electron chi connectivity index (χ1n) is 4.85. The van der Waals surface area contributed by atoms with Crippen LogP contribution in [-0.4, -0.2) is 50.8 Å². The standard InChI is InChI=1S/C9H18N2O3/c1-11(8-3-4-8)9(12)7-10-14-6-5-13-2/h8,10H,3-7H2,1-2H3. The zero-order valence-corrected chi connectivity index (χ0v) is 8.78. The van der Waals surface area contributed by atoms with Gasteiger partial charge in [0.2, 0.25) is 5.91 Å². The maximum atomic E-state index is 11.4. The first kappa shape index (κ1) is 11.4. The van der Waals surface area contributed by atoms with Crippen LogP contribution in [0.1, 0.15) is 12.8 Å². The first-order valence-corrected chi connectivity index (χ1v) is 4.85. The van der Waals surface area contributed by atoms with Gasteiger partial charge in [0.05, 0.1) is 13.2 Å². The first-order chi connectivity index (χ1) is 6.75. The molecule has 1 aliphatic carbocycles. The van der Waals surface area contributed by atoms with Crippen molar-refractivity contribution in [2.45, 2.75) is 18.9 Å². The molecule has 0 bridgehead atoms. The molecule has 5 nitrogen and oxygen atoms in total. The lowest BCUT2D eigenvalue weighted by molar-refractivity contribution is -0.132. The van der Waals surface area contributed by atoms with Crippen molar-refractivity contribution < 1.29 is 14.4 Å². The number of hydrogen-bond acceptors (Lipinski definition) is 4. The van der Waals surface area contributed by atoms with E-state index in [1.807, 2.05) is 7.05 Å². The summed E-state index contributed by atoms with van der Waals surface area (Å²) >= 11 is 0. The van der Waals surface area contributed by atoms with Gasteiger partial charge in [0, 0.05) is 20.2 Å². The van der Waals surface area contributed by atoms with E-state index in [0.717, 1.165) is 12.8 Å². The normalized spacial score (nSPS) is 15.6. The van der Waals surface area contributed by atoms with Crippen LogP contribution in [0.2, 0.25) is 0 Å². The number of hydroxylamine groups is 1. The van der Waals surface area contributed by atoms with Crippen LogP contribution in [-0.2, 0) is 14.4 Å². The lowest BCUT2D eigenvalue weighted by Gasteiger charge is -2.16. The summed E-state index contributed by atoms with van der Waals surface area (Å²) in [7, 11) is 3.44. The van der Waals surface area contributed by atoms with Crippen LogP contribution in [0, 0.1) is 0 Å². The second-order valence-electron chi connectivity index (χ2n) is 3.40. The van der Waals surface area contributed by atoms with E-state index in [9.17, 15) is 4.79 Å². The summed E-state index contributed by atoms with van der Waals surface area (Å²) < 4.78 is 4.78. The number of nitrogens with one attached hydrogen (secondary N) is 1. The molecule has 0 heterocycles. The summed E-state index contributed by atoms with van der Waals surface area (Å²) in [4.78, 5) is 18.2. The van der Waals surface area contributed by atoms with Crippen molar-refractivity contribution in [3.63, 3.8) is 0 Å². The van der Waals surface area contributed by atoms with Crippen molar-refractivity contribution >= 4 is 5.91 Å². The minimum Gasteiger partial charge on any atom is -0.382 e. The number of rotatable bonds is 7. The Balaban J connectivity index is 1.97. The molecule has 0 aromatic carbocycles. The van der Waals surface area contributed by atoms with Gasteiger partial charge in [0.15, 0.2) is 0 Å². The topological polar surface area (TPSA) is 50.8 Å². The molecular formula is C9H18N2O3. The van der Waals surface area contributed by atoms with Crippen molar-refractivity contribution in [3.05, 3.63) is 0 Å². The minimum atomic E-state index is 0.0740. The molecule has 0 aliphatic heterocycles. The summed E-state index contributed by atoms with van der Waals surface area (Å²) in [5.74, 6) is 0.0740. The Morgan fingerprint density at radius 2 is 2.21 bits per heavy atom. The molecule has 1 amide bonds. The van der Waals surface area contributed by atoms with Gasteiger partial charge in [-0.3, -0.25) is 9.63 Å². The smallest absolute Gasteiger partial charge is 0.238 e. The molecule has 5 heteroatoms. The molecule has 14 heavy (non-hydrogen) atoms. The van der Waals surface area contributed by atoms with Gasteiger partial charge in [-0.2, -0.15) is 5.48 Å². The Bertz CT molecular complexity index is 183. The van der Waals surface area contributed by atoms with Crippen molar-refractivity contribution in [1.29, 1.82) is 0 Å². The second-order valence-corrected chi connectivity index (χ2v) is 3.40. The van der Waals surface area contributed by atoms with E-state index < -0.39 is 0 Å². The quantitative estimate of drug-likeness (QED) is 0.458. The number of hydrogen-bond donors (Lipinski definition) is 1. The van der Waals surface area contributed by atoms with E-state index in [2.05, 4.69) is 5.48 Å². The summed E-state index contributed by atoms with van der Waals surface area (Å²) in [6.45, 7) is 1.22. The number of likely N-dealkylation sites (N-methyl/N-ethyl adjacent to an activating group) is 1. The van der Waals surface area contributed by atoms with Crippen LogP contribution >= 0.6 is 0 Å². The van der Waals surface area contributed by atoms with Crippen LogP contribution in [0.5, 0.6) is 0 Å². The molecule has 0 radical (unpaired) electrons. The minimum absolute atomic E-state index is 0.0740. The van der Waals surface area contributed by atoms with Crippen LogP contribution in [0.25, 0.3) is 0 Å². The molecule has 82 valence electrons. The van der Waals surface area contributed by atoms with Gasteiger partial charge in [-0.25, -0.2) is 0 Å².